The second kappa shape index (κ2) is 10.8. The quantitative estimate of drug-likeness (QED) is 0.285. The predicted molar refractivity (Wildman–Crippen MR) is 142 cm³/mol. The summed E-state index contributed by atoms with van der Waals surface area (Å²) in [6, 6.07) is -0.390. The molecular formula is C25H42N2O10S2. The molecule has 1 saturated heterocycles. The molecule has 224 valence electrons. The van der Waals surface area contributed by atoms with Crippen LogP contribution in [0.2, 0.25) is 0 Å². The van der Waals surface area contributed by atoms with Crippen LogP contribution in [-0.4, -0.2) is 85.8 Å². The van der Waals surface area contributed by atoms with E-state index in [0.29, 0.717) is 32.2 Å². The Bertz CT molecular complexity index is 1130. The highest BCUT2D eigenvalue weighted by atomic mass is 32.2. The Labute approximate surface area is 230 Å². The van der Waals surface area contributed by atoms with Crippen molar-refractivity contribution in [1.82, 2.24) is 10.6 Å². The first kappa shape index (κ1) is 32.1. The highest BCUT2D eigenvalue weighted by Gasteiger charge is 2.66. The molecule has 14 heteroatoms. The smallest absolute Gasteiger partial charge is 0.322 e. The van der Waals surface area contributed by atoms with E-state index in [0.717, 1.165) is 25.9 Å². The molecule has 0 aromatic carbocycles. The molecule has 0 amide bonds. The number of carboxylic acid groups (broad SMARTS) is 1. The van der Waals surface area contributed by atoms with Crippen molar-refractivity contribution >= 4 is 37.8 Å². The molecule has 0 spiro atoms. The molecule has 39 heavy (non-hydrogen) atoms. The lowest BCUT2D eigenvalue weighted by molar-refractivity contribution is -0.139. The summed E-state index contributed by atoms with van der Waals surface area (Å²) < 4.78 is 62.0. The first-order valence-electron chi connectivity index (χ1n) is 13.3. The monoisotopic (exact) mass is 594 g/mol. The van der Waals surface area contributed by atoms with Gasteiger partial charge in [0.15, 0.2) is 0 Å². The number of nitrogens with one attached hydrogen (secondary N) is 2. The topological polar surface area (TPSA) is 204 Å². The Morgan fingerprint density at radius 2 is 1.23 bits per heavy atom. The molecule has 4 saturated carbocycles. The van der Waals surface area contributed by atoms with Gasteiger partial charge in [0.1, 0.15) is 17.6 Å². The number of Topliss-reactive ketones (excluding diaryl/α,β-unsaturated/α-hetero) is 2. The summed E-state index contributed by atoms with van der Waals surface area (Å²) in [6.07, 6.45) is 3.94. The first-order chi connectivity index (χ1) is 17.7. The van der Waals surface area contributed by atoms with Crippen LogP contribution in [0.4, 0.5) is 0 Å². The maximum Gasteiger partial charge on any atom is 0.322 e. The number of rotatable bonds is 5. The van der Waals surface area contributed by atoms with Crippen molar-refractivity contribution in [2.75, 3.05) is 31.1 Å². The van der Waals surface area contributed by atoms with Crippen molar-refractivity contribution in [3.8, 4) is 0 Å². The lowest BCUT2D eigenvalue weighted by atomic mass is 9.70. The molecule has 5 atom stereocenters. The zero-order valence-electron chi connectivity index (χ0n) is 23.0. The van der Waals surface area contributed by atoms with E-state index in [1.165, 1.54) is 0 Å². The van der Waals surface area contributed by atoms with Gasteiger partial charge in [0.05, 0.1) is 22.3 Å². The third kappa shape index (κ3) is 6.10. The van der Waals surface area contributed by atoms with E-state index >= 15 is 0 Å². The molecule has 1 aliphatic heterocycles. The lowest BCUT2D eigenvalue weighted by Crippen LogP contribution is -2.52. The fourth-order valence-electron chi connectivity index (χ4n) is 7.67. The van der Waals surface area contributed by atoms with Gasteiger partial charge in [-0.2, -0.15) is 16.8 Å². The van der Waals surface area contributed by atoms with Crippen molar-refractivity contribution in [3.63, 3.8) is 0 Å². The van der Waals surface area contributed by atoms with Crippen LogP contribution in [0.15, 0.2) is 0 Å². The number of fused-ring (bicyclic) bond motifs is 4. The molecule has 5 N–H and O–H groups in total. The van der Waals surface area contributed by atoms with Crippen molar-refractivity contribution in [2.45, 2.75) is 72.3 Å². The molecule has 0 aromatic rings. The minimum absolute atomic E-state index is 0.0152. The van der Waals surface area contributed by atoms with Crippen molar-refractivity contribution in [1.29, 1.82) is 0 Å². The fraction of sp³-hybridized carbons (Fsp3) is 0.880. The van der Waals surface area contributed by atoms with Gasteiger partial charge < -0.3 is 15.7 Å². The van der Waals surface area contributed by atoms with E-state index in [1.807, 2.05) is 27.7 Å². The molecule has 0 aromatic heterocycles. The predicted octanol–water partition coefficient (Wildman–Crippen LogP) is 1.17. The number of aliphatic carboxylic acids is 1. The molecule has 0 unspecified atom stereocenters. The summed E-state index contributed by atoms with van der Waals surface area (Å²) in [7, 11) is -8.15. The van der Waals surface area contributed by atoms with Crippen molar-refractivity contribution in [2.24, 2.45) is 33.5 Å². The number of carbonyl (C=O) groups excluding carboxylic acids is 2. The van der Waals surface area contributed by atoms with Gasteiger partial charge in [-0.1, -0.05) is 27.7 Å². The number of ketones is 2. The normalized spacial score (nSPS) is 36.1. The van der Waals surface area contributed by atoms with Gasteiger partial charge in [-0.3, -0.25) is 23.5 Å². The lowest BCUT2D eigenvalue weighted by Gasteiger charge is -2.35. The van der Waals surface area contributed by atoms with E-state index in [2.05, 4.69) is 10.6 Å². The average molecular weight is 595 g/mol. The average Bonchev–Trinajstić information content (AvgIpc) is 3.31. The van der Waals surface area contributed by atoms with Crippen LogP contribution in [0.3, 0.4) is 0 Å². The SMILES string of the molecule is CC1(C)[C@H]2CC[C@]1(CS(=O)(=O)O)C(=O)C2.CC1(C)[C@H]2CC[C@]1(CS(=O)(=O)O)C(=O)C2.O=C(O)[C@H]1CNCCN1. The summed E-state index contributed by atoms with van der Waals surface area (Å²) in [6.45, 7) is 9.93. The second-order valence-electron chi connectivity index (χ2n) is 12.8. The Balaban J connectivity index is 0.000000167. The molecule has 0 radical (unpaired) electrons. The van der Waals surface area contributed by atoms with Crippen molar-refractivity contribution in [3.05, 3.63) is 0 Å². The summed E-state index contributed by atoms with van der Waals surface area (Å²) in [5.41, 5.74) is -2.24. The van der Waals surface area contributed by atoms with Crippen LogP contribution >= 0.6 is 0 Å². The van der Waals surface area contributed by atoms with Gasteiger partial charge in [-0.05, 0) is 48.3 Å². The summed E-state index contributed by atoms with van der Waals surface area (Å²) in [5, 5.41) is 14.3. The summed E-state index contributed by atoms with van der Waals surface area (Å²) >= 11 is 0. The van der Waals surface area contributed by atoms with Crippen LogP contribution < -0.4 is 10.6 Å². The van der Waals surface area contributed by atoms with Crippen molar-refractivity contribution < 1.29 is 45.4 Å². The molecule has 5 fully saturated rings. The second-order valence-corrected chi connectivity index (χ2v) is 15.7. The summed E-state index contributed by atoms with van der Waals surface area (Å²) in [4.78, 5) is 34.0. The van der Waals surface area contributed by atoms with E-state index in [1.54, 1.807) is 0 Å². The Morgan fingerprint density at radius 1 is 0.821 bits per heavy atom. The molecule has 5 aliphatic rings. The molecule has 5 rings (SSSR count). The van der Waals surface area contributed by atoms with E-state index < -0.39 is 54.6 Å². The highest BCUT2D eigenvalue weighted by Crippen LogP contribution is 2.65. The Kier molecular flexibility index (Phi) is 8.84. The molecule has 12 nitrogen and oxygen atoms in total. The Hall–Kier alpha value is -1.45. The third-order valence-electron chi connectivity index (χ3n) is 10.5. The fourth-order valence-corrected chi connectivity index (χ4v) is 10.3. The summed E-state index contributed by atoms with van der Waals surface area (Å²) in [5.74, 6) is -0.978. The first-order valence-corrected chi connectivity index (χ1v) is 16.5. The number of piperazine rings is 1. The number of hydrogen-bond acceptors (Lipinski definition) is 9. The molecular weight excluding hydrogens is 552 g/mol. The zero-order chi connectivity index (χ0) is 29.7. The molecule has 4 aliphatic carbocycles. The maximum atomic E-state index is 11.9. The standard InChI is InChI=1S/2C10H16O4S.C5H10N2O2/c2*1-9(2)7-3-4-10(9,8(11)5-7)6-15(12,13)14;8-5(9)4-3-6-1-2-7-4/h2*7H,3-6H2,1-2H3,(H,12,13,14);4,6-7H,1-3H2,(H,8,9)/t2*7-,10-;4-/m001/s1. The number of carbonyl (C=O) groups is 3. The van der Waals surface area contributed by atoms with Crippen LogP contribution in [0, 0.1) is 33.5 Å². The number of hydrogen-bond donors (Lipinski definition) is 5. The minimum Gasteiger partial charge on any atom is -0.480 e. The molecule has 1 heterocycles. The van der Waals surface area contributed by atoms with Crippen LogP contribution in [0.25, 0.3) is 0 Å². The minimum atomic E-state index is -4.08. The number of carboxylic acids is 1. The van der Waals surface area contributed by atoms with Gasteiger partial charge in [0.25, 0.3) is 20.2 Å². The van der Waals surface area contributed by atoms with Gasteiger partial charge >= 0.3 is 5.97 Å². The van der Waals surface area contributed by atoms with Gasteiger partial charge in [0, 0.05) is 32.5 Å². The van der Waals surface area contributed by atoms with Crippen LogP contribution in [-0.2, 0) is 34.6 Å². The van der Waals surface area contributed by atoms with E-state index in [9.17, 15) is 31.2 Å². The molecule has 4 bridgehead atoms. The zero-order valence-corrected chi connectivity index (χ0v) is 24.7. The largest absolute Gasteiger partial charge is 0.480 e. The van der Waals surface area contributed by atoms with Gasteiger partial charge in [-0.15, -0.1) is 0 Å². The van der Waals surface area contributed by atoms with E-state index in [-0.39, 0.29) is 34.2 Å². The highest BCUT2D eigenvalue weighted by molar-refractivity contribution is 7.86. The maximum absolute atomic E-state index is 11.9. The third-order valence-corrected chi connectivity index (χ3v) is 12.2. The van der Waals surface area contributed by atoms with Crippen LogP contribution in [0.5, 0.6) is 0 Å². The Morgan fingerprint density at radius 3 is 1.44 bits per heavy atom. The van der Waals surface area contributed by atoms with Gasteiger partial charge in [-0.25, -0.2) is 0 Å². The van der Waals surface area contributed by atoms with E-state index in [4.69, 9.17) is 14.2 Å². The van der Waals surface area contributed by atoms with Gasteiger partial charge in [0.2, 0.25) is 0 Å². The van der Waals surface area contributed by atoms with Crippen LogP contribution in [0.1, 0.15) is 66.2 Å².